The van der Waals surface area contributed by atoms with Gasteiger partial charge in [0, 0.05) is 5.41 Å². The van der Waals surface area contributed by atoms with Crippen LogP contribution in [-0.4, -0.2) is 13.7 Å². The van der Waals surface area contributed by atoms with Crippen molar-refractivity contribution < 1.29 is 14.2 Å². The van der Waals surface area contributed by atoms with Crippen LogP contribution in [0.4, 0.5) is 0 Å². The summed E-state index contributed by atoms with van der Waals surface area (Å²) in [5, 5.41) is 1.11. The quantitative estimate of drug-likeness (QED) is 0.375. The number of hydrogen-bond acceptors (Lipinski definition) is 3. The first kappa shape index (κ1) is 21.5. The molecule has 0 aliphatic rings. The Labute approximate surface area is 182 Å². The summed E-state index contributed by atoms with van der Waals surface area (Å²) in [5.74, 6) is 2.31. The highest BCUT2D eigenvalue weighted by molar-refractivity contribution is 6.42. The number of benzene rings is 3. The summed E-state index contributed by atoms with van der Waals surface area (Å²) in [5.41, 5.74) is 1.94. The summed E-state index contributed by atoms with van der Waals surface area (Å²) in [7, 11) is 1.64. The molecule has 0 spiro atoms. The summed E-state index contributed by atoms with van der Waals surface area (Å²) < 4.78 is 17.1. The fourth-order valence-corrected chi connectivity index (χ4v) is 3.20. The van der Waals surface area contributed by atoms with Gasteiger partial charge in [-0.3, -0.25) is 0 Å². The van der Waals surface area contributed by atoms with Crippen LogP contribution in [0.5, 0.6) is 17.2 Å². The van der Waals surface area contributed by atoms with Crippen molar-refractivity contribution in [2.75, 3.05) is 13.7 Å². The van der Waals surface area contributed by atoms with E-state index < -0.39 is 0 Å². The zero-order valence-corrected chi connectivity index (χ0v) is 18.3. The highest BCUT2D eigenvalue weighted by Crippen LogP contribution is 2.30. The molecule has 0 aromatic heterocycles. The van der Waals surface area contributed by atoms with Gasteiger partial charge in [-0.1, -0.05) is 55.2 Å². The van der Waals surface area contributed by atoms with Crippen LogP contribution in [-0.2, 0) is 16.8 Å². The molecule has 0 saturated heterocycles. The normalized spacial score (nSPS) is 11.3. The van der Waals surface area contributed by atoms with Crippen molar-refractivity contribution in [2.45, 2.75) is 25.9 Å². The maximum Gasteiger partial charge on any atom is 0.127 e. The Bertz CT molecular complexity index is 953. The third-order valence-electron chi connectivity index (χ3n) is 4.63. The number of rotatable bonds is 8. The number of ether oxygens (including phenoxy) is 3. The van der Waals surface area contributed by atoms with E-state index in [-0.39, 0.29) is 5.41 Å². The first-order valence-electron chi connectivity index (χ1n) is 9.31. The Morgan fingerprint density at radius 2 is 1.52 bits per heavy atom. The van der Waals surface area contributed by atoms with Crippen LogP contribution in [0.2, 0.25) is 10.0 Å². The van der Waals surface area contributed by atoms with Gasteiger partial charge in [0.1, 0.15) is 17.2 Å². The van der Waals surface area contributed by atoms with Gasteiger partial charge in [-0.2, -0.15) is 0 Å². The molecule has 0 radical (unpaired) electrons. The van der Waals surface area contributed by atoms with Crippen molar-refractivity contribution in [3.63, 3.8) is 0 Å². The van der Waals surface area contributed by atoms with Crippen molar-refractivity contribution >= 4 is 23.2 Å². The molecule has 152 valence electrons. The van der Waals surface area contributed by atoms with E-state index in [4.69, 9.17) is 37.4 Å². The molecule has 0 unspecified atom stereocenters. The Morgan fingerprint density at radius 3 is 2.21 bits per heavy atom. The molecule has 0 saturated carbocycles. The largest absolute Gasteiger partial charge is 0.497 e. The molecule has 5 heteroatoms. The Hall–Kier alpha value is -2.20. The molecule has 3 aromatic carbocycles. The first-order chi connectivity index (χ1) is 13.9. The predicted molar refractivity (Wildman–Crippen MR) is 119 cm³/mol. The number of methoxy groups -OCH3 is 1. The highest BCUT2D eigenvalue weighted by Gasteiger charge is 2.22. The average molecular weight is 431 g/mol. The second-order valence-corrected chi connectivity index (χ2v) is 8.24. The van der Waals surface area contributed by atoms with Crippen LogP contribution >= 0.6 is 23.2 Å². The lowest BCUT2D eigenvalue weighted by atomic mass is 9.85. The van der Waals surface area contributed by atoms with Gasteiger partial charge >= 0.3 is 0 Å². The van der Waals surface area contributed by atoms with E-state index >= 15 is 0 Å². The van der Waals surface area contributed by atoms with Crippen LogP contribution in [0, 0.1) is 0 Å². The van der Waals surface area contributed by atoms with E-state index in [0.29, 0.717) is 23.3 Å². The Kier molecular flexibility index (Phi) is 7.07. The van der Waals surface area contributed by atoms with Crippen LogP contribution in [0.3, 0.4) is 0 Å². The van der Waals surface area contributed by atoms with Gasteiger partial charge in [-0.25, -0.2) is 0 Å². The lowest BCUT2D eigenvalue weighted by molar-refractivity contribution is 0.0824. The lowest BCUT2D eigenvalue weighted by Crippen LogP contribution is -2.24. The summed E-state index contributed by atoms with van der Waals surface area (Å²) in [6, 6.07) is 21.1. The number of hydrogen-bond donors (Lipinski definition) is 0. The van der Waals surface area contributed by atoms with Crippen LogP contribution < -0.4 is 9.47 Å². The van der Waals surface area contributed by atoms with Crippen molar-refractivity contribution in [1.29, 1.82) is 0 Å². The monoisotopic (exact) mass is 430 g/mol. The molecule has 0 heterocycles. The second-order valence-electron chi connectivity index (χ2n) is 7.43. The first-order valence-corrected chi connectivity index (χ1v) is 10.1. The SMILES string of the molecule is COc1ccc(Oc2cccc(COCC(C)(C)c3ccc(Cl)c(Cl)c3)c2)cc1. The molecule has 0 amide bonds. The van der Waals surface area contributed by atoms with E-state index in [1.807, 2.05) is 66.7 Å². The van der Waals surface area contributed by atoms with Crippen LogP contribution in [0.15, 0.2) is 66.7 Å². The van der Waals surface area contributed by atoms with E-state index in [1.54, 1.807) is 7.11 Å². The minimum Gasteiger partial charge on any atom is -0.497 e. The molecule has 0 fully saturated rings. The summed E-state index contributed by atoms with van der Waals surface area (Å²) in [6.45, 7) is 5.28. The second kappa shape index (κ2) is 9.53. The minimum atomic E-state index is -0.189. The molecule has 0 N–H and O–H groups in total. The summed E-state index contributed by atoms with van der Waals surface area (Å²) >= 11 is 12.2. The molecular weight excluding hydrogens is 407 g/mol. The Balaban J connectivity index is 1.59. The van der Waals surface area contributed by atoms with E-state index in [9.17, 15) is 0 Å². The van der Waals surface area contributed by atoms with Crippen molar-refractivity contribution in [3.8, 4) is 17.2 Å². The van der Waals surface area contributed by atoms with Gasteiger partial charge in [0.15, 0.2) is 0 Å². The zero-order valence-electron chi connectivity index (χ0n) is 16.7. The average Bonchev–Trinajstić information content (AvgIpc) is 2.71. The third kappa shape index (κ3) is 5.89. The maximum atomic E-state index is 6.16. The van der Waals surface area contributed by atoms with Crippen molar-refractivity contribution in [3.05, 3.63) is 87.9 Å². The van der Waals surface area contributed by atoms with Crippen LogP contribution in [0.1, 0.15) is 25.0 Å². The molecule has 3 nitrogen and oxygen atoms in total. The molecule has 3 aromatic rings. The molecular formula is C24H24Cl2O3. The molecule has 0 atom stereocenters. The van der Waals surface area contributed by atoms with Crippen LogP contribution in [0.25, 0.3) is 0 Å². The maximum absolute atomic E-state index is 6.16. The van der Waals surface area contributed by atoms with Gasteiger partial charge in [-0.05, 0) is 59.7 Å². The molecule has 0 aliphatic carbocycles. The minimum absolute atomic E-state index is 0.189. The smallest absolute Gasteiger partial charge is 0.127 e. The molecule has 0 aliphatic heterocycles. The Morgan fingerprint density at radius 1 is 0.793 bits per heavy atom. The van der Waals surface area contributed by atoms with Gasteiger partial charge in [-0.15, -0.1) is 0 Å². The fourth-order valence-electron chi connectivity index (χ4n) is 2.90. The lowest BCUT2D eigenvalue weighted by Gasteiger charge is -2.25. The van der Waals surface area contributed by atoms with E-state index in [2.05, 4.69) is 13.8 Å². The highest BCUT2D eigenvalue weighted by atomic mass is 35.5. The van der Waals surface area contributed by atoms with E-state index in [0.717, 1.165) is 28.4 Å². The topological polar surface area (TPSA) is 27.7 Å². The standard InChI is InChI=1S/C24H24Cl2O3/c1-24(2,18-7-12-22(25)23(26)14-18)16-28-15-17-5-4-6-21(13-17)29-20-10-8-19(27-3)9-11-20/h4-14H,15-16H2,1-3H3. The summed E-state index contributed by atoms with van der Waals surface area (Å²) in [6.07, 6.45) is 0. The predicted octanol–water partition coefficient (Wildman–Crippen LogP) is 7.29. The van der Waals surface area contributed by atoms with Gasteiger partial charge in [0.25, 0.3) is 0 Å². The molecule has 0 bridgehead atoms. The fraction of sp³-hybridized carbons (Fsp3) is 0.250. The van der Waals surface area contributed by atoms with Gasteiger partial charge < -0.3 is 14.2 Å². The number of halogens is 2. The summed E-state index contributed by atoms with van der Waals surface area (Å²) in [4.78, 5) is 0. The van der Waals surface area contributed by atoms with Crippen molar-refractivity contribution in [1.82, 2.24) is 0 Å². The van der Waals surface area contributed by atoms with Gasteiger partial charge in [0.2, 0.25) is 0 Å². The third-order valence-corrected chi connectivity index (χ3v) is 5.37. The van der Waals surface area contributed by atoms with Crippen molar-refractivity contribution in [2.24, 2.45) is 0 Å². The zero-order chi connectivity index (χ0) is 20.9. The molecule has 29 heavy (non-hydrogen) atoms. The van der Waals surface area contributed by atoms with E-state index in [1.165, 1.54) is 0 Å². The molecule has 3 rings (SSSR count). The van der Waals surface area contributed by atoms with Gasteiger partial charge in [0.05, 0.1) is 30.4 Å².